The van der Waals surface area contributed by atoms with E-state index in [1.807, 2.05) is 6.07 Å². The fourth-order valence-electron chi connectivity index (χ4n) is 3.10. The molecule has 0 saturated carbocycles. The van der Waals surface area contributed by atoms with Crippen LogP contribution in [-0.4, -0.2) is 40.9 Å². The largest absolute Gasteiger partial charge is 0.492 e. The van der Waals surface area contributed by atoms with Crippen molar-refractivity contribution in [2.75, 3.05) is 6.54 Å². The van der Waals surface area contributed by atoms with Crippen LogP contribution in [0.4, 0.5) is 18.0 Å². The highest BCUT2D eigenvalue weighted by atomic mass is 19.4. The molecular weight excluding hydrogens is 454 g/mol. The Morgan fingerprint density at radius 3 is 2.38 bits per heavy atom. The lowest BCUT2D eigenvalue weighted by Gasteiger charge is -2.32. The van der Waals surface area contributed by atoms with Gasteiger partial charge < -0.3 is 24.3 Å². The van der Waals surface area contributed by atoms with Crippen molar-refractivity contribution in [3.8, 4) is 0 Å². The lowest BCUT2D eigenvalue weighted by atomic mass is 9.77. The van der Waals surface area contributed by atoms with Gasteiger partial charge in [-0.25, -0.2) is 9.78 Å². The molecule has 0 radical (unpaired) electrons. The van der Waals surface area contributed by atoms with E-state index in [1.54, 1.807) is 52.0 Å². The normalized spacial score (nSPS) is 17.5. The van der Waals surface area contributed by atoms with Gasteiger partial charge in [0.1, 0.15) is 6.61 Å². The molecule has 2 heterocycles. The van der Waals surface area contributed by atoms with Crippen LogP contribution in [0.3, 0.4) is 0 Å². The minimum absolute atomic E-state index is 0.00269. The van der Waals surface area contributed by atoms with E-state index < -0.39 is 47.4 Å². The maximum atomic E-state index is 13.5. The van der Waals surface area contributed by atoms with Crippen molar-refractivity contribution in [1.82, 2.24) is 15.3 Å². The minimum Gasteiger partial charge on any atom is -0.445 e. The second kappa shape index (κ2) is 9.63. The van der Waals surface area contributed by atoms with E-state index in [0.717, 1.165) is 11.6 Å². The molecule has 0 unspecified atom stereocenters. The second-order valence-corrected chi connectivity index (χ2v) is 8.71. The molecule has 1 saturated heterocycles. The molecule has 1 amide bonds. The van der Waals surface area contributed by atoms with Crippen molar-refractivity contribution < 1.29 is 32.0 Å². The molecular formula is C22H25BF3N3O5. The van der Waals surface area contributed by atoms with Gasteiger partial charge in [-0.2, -0.15) is 13.2 Å². The maximum absolute atomic E-state index is 13.5. The first-order valence-electron chi connectivity index (χ1n) is 10.5. The third-order valence-electron chi connectivity index (χ3n) is 5.69. The Morgan fingerprint density at radius 1 is 1.18 bits per heavy atom. The maximum Gasteiger partial charge on any atom is 0.492 e. The molecule has 1 aromatic carbocycles. The number of alkyl carbamates (subject to hydrolysis) is 1. The van der Waals surface area contributed by atoms with Gasteiger partial charge in [0, 0.05) is 6.54 Å². The predicted molar refractivity (Wildman–Crippen MR) is 119 cm³/mol. The highest BCUT2D eigenvalue weighted by molar-refractivity contribution is 6.56. The number of H-pyrrole nitrogens is 1. The summed E-state index contributed by atoms with van der Waals surface area (Å²) in [6, 6.07) is 8.95. The van der Waals surface area contributed by atoms with Crippen molar-refractivity contribution in [3.05, 3.63) is 69.3 Å². The Balaban J connectivity index is 1.87. The fourth-order valence-corrected chi connectivity index (χ4v) is 3.10. The number of halogens is 3. The van der Waals surface area contributed by atoms with Gasteiger partial charge in [0.25, 0.3) is 5.56 Å². The number of rotatable bonds is 6. The standard InChI is InChI=1S/C22H25BF3N3O5/c1-20(2)21(3,4)34-23(33-20)15(10-16-17(22(24,25)26)28-13-29-18(16)30)11-27-19(31)32-12-14-8-6-5-7-9-14/h5-10,13H,11-12H2,1-4H3,(H,27,31)(H,28,29,30). The fraction of sp³-hybridized carbons (Fsp3) is 0.409. The molecule has 1 aliphatic rings. The van der Waals surface area contributed by atoms with Crippen molar-refractivity contribution in [2.45, 2.75) is 51.7 Å². The number of hydrogen-bond acceptors (Lipinski definition) is 6. The lowest BCUT2D eigenvalue weighted by Crippen LogP contribution is -2.41. The summed E-state index contributed by atoms with van der Waals surface area (Å²) in [7, 11) is -1.12. The van der Waals surface area contributed by atoms with Crippen LogP contribution in [0.15, 0.2) is 46.9 Å². The summed E-state index contributed by atoms with van der Waals surface area (Å²) < 4.78 is 57.5. The van der Waals surface area contributed by atoms with Crippen LogP contribution in [0.1, 0.15) is 44.5 Å². The van der Waals surface area contributed by atoms with Crippen LogP contribution < -0.4 is 10.9 Å². The predicted octanol–water partition coefficient (Wildman–Crippen LogP) is 3.73. The van der Waals surface area contributed by atoms with Gasteiger partial charge >= 0.3 is 19.4 Å². The van der Waals surface area contributed by atoms with E-state index >= 15 is 0 Å². The van der Waals surface area contributed by atoms with Gasteiger partial charge in [-0.05, 0) is 44.8 Å². The third kappa shape index (κ3) is 5.86. The molecule has 34 heavy (non-hydrogen) atoms. The zero-order valence-electron chi connectivity index (χ0n) is 19.2. The molecule has 0 bridgehead atoms. The smallest absolute Gasteiger partial charge is 0.445 e. The molecule has 0 atom stereocenters. The average molecular weight is 479 g/mol. The summed E-state index contributed by atoms with van der Waals surface area (Å²) in [4.78, 5) is 29.9. The number of hydrogen-bond donors (Lipinski definition) is 2. The Hall–Kier alpha value is -3.12. The number of amides is 1. The molecule has 182 valence electrons. The molecule has 1 fully saturated rings. The SMILES string of the molecule is CC1(C)OB(C(=Cc2c(C(F)(F)F)nc[nH]c2=O)CNC(=O)OCc2ccccc2)OC1(C)C. The summed E-state index contributed by atoms with van der Waals surface area (Å²) in [5, 5.41) is 2.48. The summed E-state index contributed by atoms with van der Waals surface area (Å²) in [5.41, 5.74) is -3.85. The zero-order chi connectivity index (χ0) is 25.1. The van der Waals surface area contributed by atoms with E-state index in [0.29, 0.717) is 6.33 Å². The van der Waals surface area contributed by atoms with E-state index in [-0.39, 0.29) is 18.6 Å². The molecule has 0 spiro atoms. The van der Waals surface area contributed by atoms with Gasteiger partial charge in [0.05, 0.1) is 23.1 Å². The first kappa shape index (κ1) is 25.5. The Kier molecular flexibility index (Phi) is 7.22. The van der Waals surface area contributed by atoms with Crippen molar-refractivity contribution in [2.24, 2.45) is 0 Å². The molecule has 1 aliphatic heterocycles. The zero-order valence-corrected chi connectivity index (χ0v) is 19.2. The quantitative estimate of drug-likeness (QED) is 0.613. The molecule has 2 N–H and O–H groups in total. The summed E-state index contributed by atoms with van der Waals surface area (Å²) in [6.07, 6.45) is -4.02. The van der Waals surface area contributed by atoms with Gasteiger partial charge in [-0.3, -0.25) is 4.79 Å². The van der Waals surface area contributed by atoms with Crippen molar-refractivity contribution in [3.63, 3.8) is 0 Å². The van der Waals surface area contributed by atoms with Crippen LogP contribution in [0.5, 0.6) is 0 Å². The highest BCUT2D eigenvalue weighted by Gasteiger charge is 2.52. The number of alkyl halides is 3. The monoisotopic (exact) mass is 479 g/mol. The number of nitrogens with zero attached hydrogens (tertiary/aromatic N) is 1. The van der Waals surface area contributed by atoms with Gasteiger partial charge in [-0.15, -0.1) is 0 Å². The number of carbonyl (C=O) groups is 1. The van der Waals surface area contributed by atoms with Crippen LogP contribution in [0.2, 0.25) is 0 Å². The van der Waals surface area contributed by atoms with E-state index in [4.69, 9.17) is 14.0 Å². The number of carbonyl (C=O) groups excluding carboxylic acids is 1. The first-order chi connectivity index (χ1) is 15.8. The number of benzene rings is 1. The number of aromatic amines is 1. The highest BCUT2D eigenvalue weighted by Crippen LogP contribution is 2.39. The average Bonchev–Trinajstić information content (AvgIpc) is 2.97. The molecule has 1 aromatic heterocycles. The molecule has 0 aliphatic carbocycles. The van der Waals surface area contributed by atoms with E-state index in [2.05, 4.69) is 15.3 Å². The summed E-state index contributed by atoms with van der Waals surface area (Å²) in [6.45, 7) is 6.78. The van der Waals surface area contributed by atoms with Crippen LogP contribution in [0.25, 0.3) is 6.08 Å². The summed E-state index contributed by atoms with van der Waals surface area (Å²) >= 11 is 0. The Labute approximate surface area is 194 Å². The topological polar surface area (TPSA) is 103 Å². The minimum atomic E-state index is -4.87. The van der Waals surface area contributed by atoms with Crippen molar-refractivity contribution in [1.29, 1.82) is 0 Å². The van der Waals surface area contributed by atoms with E-state index in [9.17, 15) is 22.8 Å². The van der Waals surface area contributed by atoms with Crippen LogP contribution in [0, 0.1) is 0 Å². The molecule has 8 nitrogen and oxygen atoms in total. The third-order valence-corrected chi connectivity index (χ3v) is 5.69. The second-order valence-electron chi connectivity index (χ2n) is 8.71. The van der Waals surface area contributed by atoms with Crippen molar-refractivity contribution >= 4 is 19.3 Å². The van der Waals surface area contributed by atoms with Gasteiger partial charge in [0.2, 0.25) is 0 Å². The summed E-state index contributed by atoms with van der Waals surface area (Å²) in [5.74, 6) is 0. The number of ether oxygens (including phenoxy) is 1. The molecule has 12 heteroatoms. The lowest BCUT2D eigenvalue weighted by molar-refractivity contribution is -0.141. The Bertz CT molecular complexity index is 1100. The number of aromatic nitrogens is 2. The number of nitrogens with one attached hydrogen (secondary N) is 2. The first-order valence-corrected chi connectivity index (χ1v) is 10.5. The molecule has 3 rings (SSSR count). The Morgan fingerprint density at radius 2 is 1.79 bits per heavy atom. The van der Waals surface area contributed by atoms with Gasteiger partial charge in [0.15, 0.2) is 5.69 Å². The van der Waals surface area contributed by atoms with Crippen LogP contribution >= 0.6 is 0 Å². The van der Waals surface area contributed by atoms with Crippen LogP contribution in [-0.2, 0) is 26.8 Å². The van der Waals surface area contributed by atoms with E-state index in [1.165, 1.54) is 0 Å². The molecule has 2 aromatic rings. The van der Waals surface area contributed by atoms with Gasteiger partial charge in [-0.1, -0.05) is 30.3 Å².